The third kappa shape index (κ3) is 2.65. The van der Waals surface area contributed by atoms with Gasteiger partial charge in [-0.2, -0.15) is 0 Å². The molecule has 2 rings (SSSR count). The lowest BCUT2D eigenvalue weighted by atomic mass is 10.3. The molecule has 0 aliphatic heterocycles. The molecule has 0 saturated carbocycles. The zero-order valence-corrected chi connectivity index (χ0v) is 11.6. The van der Waals surface area contributed by atoms with Gasteiger partial charge in [0.25, 0.3) is 10.0 Å². The van der Waals surface area contributed by atoms with Crippen LogP contribution in [0, 0.1) is 11.6 Å². The molecule has 2 aromatic rings. The highest BCUT2D eigenvalue weighted by Crippen LogP contribution is 2.25. The average Bonchev–Trinajstić information content (AvgIpc) is 2.42. The maximum absolute atomic E-state index is 13.7. The van der Waals surface area contributed by atoms with Crippen molar-refractivity contribution in [2.24, 2.45) is 0 Å². The van der Waals surface area contributed by atoms with Gasteiger partial charge in [0.2, 0.25) is 0 Å². The van der Waals surface area contributed by atoms with E-state index in [2.05, 4.69) is 0 Å². The molecule has 0 spiro atoms. The van der Waals surface area contributed by atoms with Gasteiger partial charge in [-0.3, -0.25) is 4.31 Å². The summed E-state index contributed by atoms with van der Waals surface area (Å²) in [4.78, 5) is -0.397. The predicted octanol–water partition coefficient (Wildman–Crippen LogP) is 3.18. The van der Waals surface area contributed by atoms with Crippen LogP contribution < -0.4 is 4.31 Å². The van der Waals surface area contributed by atoms with Crippen LogP contribution in [-0.4, -0.2) is 15.0 Å². The minimum atomic E-state index is -4.01. The average molecular weight is 297 g/mol. The van der Waals surface area contributed by atoms with Crippen LogP contribution in [0.4, 0.5) is 14.5 Å². The van der Waals surface area contributed by atoms with E-state index in [-0.39, 0.29) is 12.2 Å². The Morgan fingerprint density at radius 1 is 1.00 bits per heavy atom. The van der Waals surface area contributed by atoms with Crippen LogP contribution in [0.3, 0.4) is 0 Å². The second-order valence-electron chi connectivity index (χ2n) is 4.08. The number of nitrogens with zero attached hydrogens (tertiary/aromatic N) is 1. The van der Waals surface area contributed by atoms with Crippen LogP contribution in [-0.2, 0) is 10.0 Å². The lowest BCUT2D eigenvalue weighted by Crippen LogP contribution is -2.31. The van der Waals surface area contributed by atoms with Crippen molar-refractivity contribution in [1.82, 2.24) is 0 Å². The van der Waals surface area contributed by atoms with Crippen LogP contribution in [0.1, 0.15) is 6.92 Å². The van der Waals surface area contributed by atoms with Crippen molar-refractivity contribution in [3.05, 3.63) is 60.2 Å². The summed E-state index contributed by atoms with van der Waals surface area (Å²) in [5.74, 6) is -1.28. The number of halogens is 2. The molecule has 2 aromatic carbocycles. The van der Waals surface area contributed by atoms with Gasteiger partial charge >= 0.3 is 0 Å². The van der Waals surface area contributed by atoms with E-state index < -0.39 is 26.6 Å². The topological polar surface area (TPSA) is 37.4 Å². The Morgan fingerprint density at radius 3 is 2.15 bits per heavy atom. The number of hydrogen-bond donors (Lipinski definition) is 0. The molecular formula is C14H13F2NO2S. The van der Waals surface area contributed by atoms with E-state index >= 15 is 0 Å². The predicted molar refractivity (Wildman–Crippen MR) is 73.0 cm³/mol. The van der Waals surface area contributed by atoms with Crippen molar-refractivity contribution in [2.75, 3.05) is 10.8 Å². The summed E-state index contributed by atoms with van der Waals surface area (Å²) >= 11 is 0. The van der Waals surface area contributed by atoms with Crippen LogP contribution in [0.15, 0.2) is 53.4 Å². The van der Waals surface area contributed by atoms with E-state index in [1.165, 1.54) is 30.3 Å². The first kappa shape index (κ1) is 14.5. The lowest BCUT2D eigenvalue weighted by molar-refractivity contribution is 0.564. The molecule has 0 fully saturated rings. The molecular weight excluding hydrogens is 284 g/mol. The van der Waals surface area contributed by atoms with Gasteiger partial charge in [-0.25, -0.2) is 17.2 Å². The zero-order valence-electron chi connectivity index (χ0n) is 10.8. The van der Waals surface area contributed by atoms with Gasteiger partial charge in [0, 0.05) is 6.54 Å². The van der Waals surface area contributed by atoms with Crippen molar-refractivity contribution in [3.8, 4) is 0 Å². The molecule has 0 unspecified atom stereocenters. The Morgan fingerprint density at radius 2 is 1.60 bits per heavy atom. The van der Waals surface area contributed by atoms with Crippen molar-refractivity contribution >= 4 is 15.7 Å². The highest BCUT2D eigenvalue weighted by atomic mass is 32.2. The zero-order chi connectivity index (χ0) is 14.8. The SMILES string of the molecule is CCN(c1ccc(F)cc1)S(=O)(=O)c1ccccc1F. The highest BCUT2D eigenvalue weighted by molar-refractivity contribution is 7.92. The summed E-state index contributed by atoms with van der Waals surface area (Å²) in [7, 11) is -4.01. The number of hydrogen-bond acceptors (Lipinski definition) is 2. The molecule has 0 aliphatic carbocycles. The normalized spacial score (nSPS) is 11.3. The number of sulfonamides is 1. The quantitative estimate of drug-likeness (QED) is 0.869. The minimum Gasteiger partial charge on any atom is -0.267 e. The van der Waals surface area contributed by atoms with Gasteiger partial charge in [0.05, 0.1) is 5.69 Å². The van der Waals surface area contributed by atoms with E-state index in [9.17, 15) is 17.2 Å². The van der Waals surface area contributed by atoms with Crippen molar-refractivity contribution < 1.29 is 17.2 Å². The summed E-state index contributed by atoms with van der Waals surface area (Å²) in [6.07, 6.45) is 0. The van der Waals surface area contributed by atoms with Crippen molar-refractivity contribution in [2.45, 2.75) is 11.8 Å². The molecule has 0 saturated heterocycles. The van der Waals surface area contributed by atoms with Gasteiger partial charge in [-0.05, 0) is 43.3 Å². The molecule has 106 valence electrons. The molecule has 0 heterocycles. The first-order chi connectivity index (χ1) is 9.46. The standard InChI is InChI=1S/C14H13F2NO2S/c1-2-17(12-9-7-11(15)8-10-12)20(18,19)14-6-4-3-5-13(14)16/h3-10H,2H2,1H3. The number of rotatable bonds is 4. The van der Waals surface area contributed by atoms with Crippen LogP contribution >= 0.6 is 0 Å². The Kier molecular flexibility index (Phi) is 4.04. The van der Waals surface area contributed by atoms with E-state index in [1.54, 1.807) is 6.92 Å². The Labute approximate surface area is 116 Å². The van der Waals surface area contributed by atoms with Crippen molar-refractivity contribution in [1.29, 1.82) is 0 Å². The third-order valence-corrected chi connectivity index (χ3v) is 4.74. The summed E-state index contributed by atoms with van der Waals surface area (Å²) in [6, 6.07) is 10.2. The molecule has 0 aliphatic rings. The van der Waals surface area contributed by atoms with E-state index in [4.69, 9.17) is 0 Å². The summed E-state index contributed by atoms with van der Waals surface area (Å²) in [6.45, 7) is 1.74. The Balaban J connectivity index is 2.51. The van der Waals surface area contributed by atoms with Crippen LogP contribution in [0.25, 0.3) is 0 Å². The largest absolute Gasteiger partial charge is 0.267 e. The fourth-order valence-corrected chi connectivity index (χ4v) is 3.41. The second-order valence-corrected chi connectivity index (χ2v) is 5.91. The molecule has 3 nitrogen and oxygen atoms in total. The van der Waals surface area contributed by atoms with E-state index in [0.717, 1.165) is 22.5 Å². The number of anilines is 1. The molecule has 0 amide bonds. The van der Waals surface area contributed by atoms with Crippen molar-refractivity contribution in [3.63, 3.8) is 0 Å². The smallest absolute Gasteiger partial charge is 0.267 e. The molecule has 0 bridgehead atoms. The van der Waals surface area contributed by atoms with Crippen LogP contribution in [0.5, 0.6) is 0 Å². The Bertz CT molecular complexity index is 699. The Hall–Kier alpha value is -1.95. The summed E-state index contributed by atoms with van der Waals surface area (Å²) < 4.78 is 52.6. The molecule has 20 heavy (non-hydrogen) atoms. The van der Waals surface area contributed by atoms with E-state index in [1.807, 2.05) is 0 Å². The maximum atomic E-state index is 13.7. The highest BCUT2D eigenvalue weighted by Gasteiger charge is 2.26. The summed E-state index contributed by atoms with van der Waals surface area (Å²) in [5, 5.41) is 0. The fourth-order valence-electron chi connectivity index (χ4n) is 1.87. The molecule has 0 N–H and O–H groups in total. The van der Waals surface area contributed by atoms with Gasteiger partial charge in [-0.1, -0.05) is 12.1 Å². The third-order valence-electron chi connectivity index (χ3n) is 2.81. The molecule has 0 radical (unpaired) electrons. The van der Waals surface area contributed by atoms with Gasteiger partial charge in [-0.15, -0.1) is 0 Å². The summed E-state index contributed by atoms with van der Waals surface area (Å²) in [5.41, 5.74) is 0.289. The van der Waals surface area contributed by atoms with Gasteiger partial charge in [0.1, 0.15) is 16.5 Å². The van der Waals surface area contributed by atoms with E-state index in [0.29, 0.717) is 0 Å². The molecule has 0 atom stereocenters. The fraction of sp³-hybridized carbons (Fsp3) is 0.143. The lowest BCUT2D eigenvalue weighted by Gasteiger charge is -2.23. The monoisotopic (exact) mass is 297 g/mol. The molecule has 6 heteroatoms. The first-order valence-corrected chi connectivity index (χ1v) is 7.43. The second kappa shape index (κ2) is 5.58. The molecule has 0 aromatic heterocycles. The maximum Gasteiger partial charge on any atom is 0.267 e. The number of benzene rings is 2. The van der Waals surface area contributed by atoms with Crippen LogP contribution in [0.2, 0.25) is 0 Å². The first-order valence-electron chi connectivity index (χ1n) is 5.99. The van der Waals surface area contributed by atoms with Gasteiger partial charge < -0.3 is 0 Å². The minimum absolute atomic E-state index is 0.113. The van der Waals surface area contributed by atoms with Gasteiger partial charge in [0.15, 0.2) is 0 Å².